The molecule has 2 heterocycles. The van der Waals surface area contributed by atoms with Crippen LogP contribution in [0.2, 0.25) is 5.02 Å². The lowest BCUT2D eigenvalue weighted by Gasteiger charge is -2.26. The third-order valence-corrected chi connectivity index (χ3v) is 4.19. The molecule has 0 unspecified atom stereocenters. The lowest BCUT2D eigenvalue weighted by Crippen LogP contribution is -2.30. The first-order valence-electron chi connectivity index (χ1n) is 7.58. The zero-order valence-electron chi connectivity index (χ0n) is 11.8. The predicted octanol–water partition coefficient (Wildman–Crippen LogP) is 4.29. The van der Waals surface area contributed by atoms with E-state index in [9.17, 15) is 0 Å². The number of benzene rings is 1. The molecule has 2 aromatic rings. The van der Waals surface area contributed by atoms with E-state index in [2.05, 4.69) is 9.88 Å². The Hall–Kier alpha value is -1.06. The highest BCUT2D eigenvalue weighted by Crippen LogP contribution is 2.20. The van der Waals surface area contributed by atoms with E-state index in [0.29, 0.717) is 5.02 Å². The summed E-state index contributed by atoms with van der Waals surface area (Å²) >= 11 is 5.95. The Bertz CT molecular complexity index is 561. The van der Waals surface area contributed by atoms with Gasteiger partial charge in [0.1, 0.15) is 5.52 Å². The van der Waals surface area contributed by atoms with E-state index < -0.39 is 0 Å². The van der Waals surface area contributed by atoms with Crippen LogP contribution in [0.4, 0.5) is 0 Å². The minimum Gasteiger partial charge on any atom is -0.441 e. The van der Waals surface area contributed by atoms with Crippen molar-refractivity contribution in [2.75, 3.05) is 19.6 Å². The Kier molecular flexibility index (Phi) is 4.58. The van der Waals surface area contributed by atoms with Gasteiger partial charge in [-0.1, -0.05) is 18.0 Å². The number of aryl methyl sites for hydroxylation is 1. The highest BCUT2D eigenvalue weighted by atomic mass is 35.5. The average molecular weight is 293 g/mol. The Labute approximate surface area is 124 Å². The van der Waals surface area contributed by atoms with Gasteiger partial charge < -0.3 is 9.32 Å². The van der Waals surface area contributed by atoms with Gasteiger partial charge in [0.2, 0.25) is 0 Å². The lowest BCUT2D eigenvalue weighted by atomic mass is 10.1. The van der Waals surface area contributed by atoms with E-state index in [0.717, 1.165) is 29.8 Å². The van der Waals surface area contributed by atoms with Crippen molar-refractivity contribution in [1.29, 1.82) is 0 Å². The van der Waals surface area contributed by atoms with Crippen molar-refractivity contribution < 1.29 is 4.42 Å². The summed E-state index contributed by atoms with van der Waals surface area (Å²) < 4.78 is 5.73. The molecule has 1 aliphatic rings. The maximum atomic E-state index is 5.95. The second-order valence-corrected chi connectivity index (χ2v) is 6.02. The fourth-order valence-corrected chi connectivity index (χ4v) is 3.02. The molecular weight excluding hydrogens is 272 g/mol. The minimum atomic E-state index is 0.711. The molecule has 0 spiro atoms. The molecule has 0 bridgehead atoms. The Morgan fingerprint density at radius 2 is 2.00 bits per heavy atom. The normalized spacial score (nSPS) is 16.9. The monoisotopic (exact) mass is 292 g/mol. The van der Waals surface area contributed by atoms with Gasteiger partial charge in [0.25, 0.3) is 0 Å². The highest BCUT2D eigenvalue weighted by molar-refractivity contribution is 6.31. The van der Waals surface area contributed by atoms with Gasteiger partial charge in [-0.05, 0) is 63.5 Å². The first-order chi connectivity index (χ1) is 9.81. The number of likely N-dealkylation sites (tertiary alicyclic amines) is 1. The van der Waals surface area contributed by atoms with Gasteiger partial charge in [-0.25, -0.2) is 4.98 Å². The zero-order chi connectivity index (χ0) is 13.8. The topological polar surface area (TPSA) is 29.3 Å². The number of unbranched alkanes of at least 4 members (excludes halogenated alkanes) is 1. The van der Waals surface area contributed by atoms with Crippen LogP contribution in [-0.4, -0.2) is 29.5 Å². The number of rotatable bonds is 5. The summed E-state index contributed by atoms with van der Waals surface area (Å²) in [6.45, 7) is 3.77. The molecule has 1 aromatic heterocycles. The Morgan fingerprint density at radius 3 is 2.85 bits per heavy atom. The smallest absolute Gasteiger partial charge is 0.195 e. The van der Waals surface area contributed by atoms with E-state index in [4.69, 9.17) is 16.0 Å². The molecule has 0 N–H and O–H groups in total. The predicted molar refractivity (Wildman–Crippen MR) is 82.2 cm³/mol. The number of aromatic nitrogens is 1. The van der Waals surface area contributed by atoms with Crippen LogP contribution in [0, 0.1) is 0 Å². The molecule has 3 nitrogen and oxygen atoms in total. The van der Waals surface area contributed by atoms with Crippen LogP contribution in [-0.2, 0) is 6.42 Å². The summed E-state index contributed by atoms with van der Waals surface area (Å²) in [5, 5.41) is 0.711. The first-order valence-corrected chi connectivity index (χ1v) is 7.96. The van der Waals surface area contributed by atoms with Crippen LogP contribution in [0.1, 0.15) is 38.0 Å². The van der Waals surface area contributed by atoms with Crippen LogP contribution in [0.5, 0.6) is 0 Å². The quantitative estimate of drug-likeness (QED) is 0.770. The summed E-state index contributed by atoms with van der Waals surface area (Å²) in [7, 11) is 0. The van der Waals surface area contributed by atoms with Gasteiger partial charge in [-0.2, -0.15) is 0 Å². The van der Waals surface area contributed by atoms with Crippen molar-refractivity contribution >= 4 is 22.7 Å². The SMILES string of the molecule is Clc1ccc2oc(CCCCN3CCCCC3)nc2c1. The van der Waals surface area contributed by atoms with E-state index in [1.54, 1.807) is 0 Å². The number of fused-ring (bicyclic) bond motifs is 1. The largest absolute Gasteiger partial charge is 0.441 e. The van der Waals surface area contributed by atoms with Crippen molar-refractivity contribution in [3.05, 3.63) is 29.1 Å². The molecule has 20 heavy (non-hydrogen) atoms. The van der Waals surface area contributed by atoms with Crippen LogP contribution in [0.15, 0.2) is 22.6 Å². The second-order valence-electron chi connectivity index (χ2n) is 5.58. The molecule has 1 aromatic carbocycles. The molecule has 108 valence electrons. The molecule has 1 saturated heterocycles. The summed E-state index contributed by atoms with van der Waals surface area (Å²) in [5.41, 5.74) is 1.70. The molecule has 0 aliphatic carbocycles. The maximum absolute atomic E-state index is 5.95. The number of hydrogen-bond acceptors (Lipinski definition) is 3. The molecule has 1 aliphatic heterocycles. The summed E-state index contributed by atoms with van der Waals surface area (Å²) in [6, 6.07) is 5.59. The molecule has 4 heteroatoms. The van der Waals surface area contributed by atoms with Crippen LogP contribution >= 0.6 is 11.6 Å². The fourth-order valence-electron chi connectivity index (χ4n) is 2.85. The zero-order valence-corrected chi connectivity index (χ0v) is 12.5. The standard InChI is InChI=1S/C16H21ClN2O/c17-13-7-8-15-14(12-13)18-16(20-15)6-2-5-11-19-9-3-1-4-10-19/h7-8,12H,1-6,9-11H2. The van der Waals surface area contributed by atoms with Gasteiger partial charge in [-0.15, -0.1) is 0 Å². The molecule has 0 radical (unpaired) electrons. The summed E-state index contributed by atoms with van der Waals surface area (Å²) in [6.07, 6.45) is 7.41. The molecular formula is C16H21ClN2O. The Morgan fingerprint density at radius 1 is 1.15 bits per heavy atom. The number of hydrogen-bond donors (Lipinski definition) is 0. The van der Waals surface area contributed by atoms with E-state index in [1.807, 2.05) is 18.2 Å². The van der Waals surface area contributed by atoms with E-state index in [1.165, 1.54) is 45.3 Å². The minimum absolute atomic E-state index is 0.711. The lowest BCUT2D eigenvalue weighted by molar-refractivity contribution is 0.224. The van der Waals surface area contributed by atoms with Gasteiger partial charge in [0.05, 0.1) is 0 Å². The van der Waals surface area contributed by atoms with Crippen LogP contribution in [0.25, 0.3) is 11.1 Å². The van der Waals surface area contributed by atoms with E-state index >= 15 is 0 Å². The van der Waals surface area contributed by atoms with Gasteiger partial charge in [0.15, 0.2) is 11.5 Å². The van der Waals surface area contributed by atoms with Crippen molar-refractivity contribution in [1.82, 2.24) is 9.88 Å². The summed E-state index contributed by atoms with van der Waals surface area (Å²) in [5.74, 6) is 0.834. The molecule has 0 saturated carbocycles. The van der Waals surface area contributed by atoms with Crippen molar-refractivity contribution in [2.24, 2.45) is 0 Å². The van der Waals surface area contributed by atoms with Gasteiger partial charge in [0, 0.05) is 11.4 Å². The molecule has 3 rings (SSSR count). The third-order valence-electron chi connectivity index (χ3n) is 3.96. The number of piperidine rings is 1. The van der Waals surface area contributed by atoms with Crippen molar-refractivity contribution in [2.45, 2.75) is 38.5 Å². The molecule has 1 fully saturated rings. The summed E-state index contributed by atoms with van der Waals surface area (Å²) in [4.78, 5) is 7.07. The van der Waals surface area contributed by atoms with Crippen LogP contribution < -0.4 is 0 Å². The number of nitrogens with zero attached hydrogens (tertiary/aromatic N) is 2. The molecule has 0 atom stereocenters. The number of halogens is 1. The van der Waals surface area contributed by atoms with Gasteiger partial charge in [-0.3, -0.25) is 0 Å². The van der Waals surface area contributed by atoms with Crippen molar-refractivity contribution in [3.8, 4) is 0 Å². The second kappa shape index (κ2) is 6.59. The fraction of sp³-hybridized carbons (Fsp3) is 0.562. The third kappa shape index (κ3) is 3.53. The van der Waals surface area contributed by atoms with E-state index in [-0.39, 0.29) is 0 Å². The maximum Gasteiger partial charge on any atom is 0.195 e. The van der Waals surface area contributed by atoms with Crippen LogP contribution in [0.3, 0.4) is 0 Å². The highest BCUT2D eigenvalue weighted by Gasteiger charge is 2.10. The Balaban J connectivity index is 1.47. The van der Waals surface area contributed by atoms with Gasteiger partial charge >= 0.3 is 0 Å². The van der Waals surface area contributed by atoms with Crippen molar-refractivity contribution in [3.63, 3.8) is 0 Å². The first kappa shape index (κ1) is 13.9. The average Bonchev–Trinajstić information content (AvgIpc) is 2.86. The molecule has 0 amide bonds. The number of oxazole rings is 1.